The number of rotatable bonds is 6. The van der Waals surface area contributed by atoms with Crippen LogP contribution >= 0.6 is 0 Å². The highest BCUT2D eigenvalue weighted by atomic mass is 32.2. The van der Waals surface area contributed by atoms with E-state index in [4.69, 9.17) is 5.11 Å². The first-order chi connectivity index (χ1) is 9.81. The van der Waals surface area contributed by atoms with Crippen LogP contribution in [0.1, 0.15) is 30.1 Å². The fraction of sp³-hybridized carbons (Fsp3) is 0.545. The molecule has 0 saturated carbocycles. The van der Waals surface area contributed by atoms with Crippen LogP contribution in [0, 0.1) is 0 Å². The van der Waals surface area contributed by atoms with Crippen LogP contribution in [0.25, 0.3) is 0 Å². The van der Waals surface area contributed by atoms with Gasteiger partial charge in [-0.1, -0.05) is 0 Å². The quantitative estimate of drug-likeness (QED) is 0.642. The van der Waals surface area contributed by atoms with Crippen LogP contribution in [0.3, 0.4) is 0 Å². The third-order valence-corrected chi connectivity index (χ3v) is 4.69. The van der Waals surface area contributed by atoms with Crippen molar-refractivity contribution in [2.45, 2.75) is 30.8 Å². The van der Waals surface area contributed by atoms with Crippen molar-refractivity contribution in [2.75, 3.05) is 13.1 Å². The van der Waals surface area contributed by atoms with E-state index in [0.717, 1.165) is 12.6 Å². The summed E-state index contributed by atoms with van der Waals surface area (Å²) in [5.41, 5.74) is -0.424. The van der Waals surface area contributed by atoms with E-state index in [9.17, 15) is 18.0 Å². The summed E-state index contributed by atoms with van der Waals surface area (Å²) in [6, 6.07) is -0.540. The highest BCUT2D eigenvalue weighted by Gasteiger charge is 2.28. The number of hydrogen-bond donors (Lipinski definition) is 3. The fourth-order valence-corrected chi connectivity index (χ4v) is 3.54. The van der Waals surface area contributed by atoms with E-state index in [1.165, 1.54) is 0 Å². The first kappa shape index (κ1) is 15.4. The van der Waals surface area contributed by atoms with Gasteiger partial charge in [0.05, 0.1) is 6.20 Å². The molecule has 9 nitrogen and oxygen atoms in total. The minimum Gasteiger partial charge on any atom is -0.478 e. The number of nitrogens with zero attached hydrogens (tertiary/aromatic N) is 2. The van der Waals surface area contributed by atoms with Gasteiger partial charge in [0, 0.05) is 25.6 Å². The summed E-state index contributed by atoms with van der Waals surface area (Å²) in [6.45, 7) is 2.46. The molecule has 1 unspecified atom stereocenters. The monoisotopic (exact) mass is 316 g/mol. The SMILES string of the molecule is CC(CN1CCCC1=O)NS(=O)(=O)c1[nH]ncc1C(=O)O. The highest BCUT2D eigenvalue weighted by molar-refractivity contribution is 7.89. The second-order valence-corrected chi connectivity index (χ2v) is 6.53. The number of H-pyrrole nitrogens is 1. The summed E-state index contributed by atoms with van der Waals surface area (Å²) >= 11 is 0. The Kier molecular flexibility index (Phi) is 4.28. The lowest BCUT2D eigenvalue weighted by atomic mass is 10.3. The molecule has 3 N–H and O–H groups in total. The number of aromatic carboxylic acids is 1. The molecule has 1 amide bonds. The predicted octanol–water partition coefficient (Wildman–Crippen LogP) is -0.603. The Balaban J connectivity index is 2.08. The molecule has 0 bridgehead atoms. The van der Waals surface area contributed by atoms with Crippen LogP contribution in [-0.4, -0.2) is 59.6 Å². The van der Waals surface area contributed by atoms with Crippen molar-refractivity contribution in [3.8, 4) is 0 Å². The topological polar surface area (TPSA) is 132 Å². The zero-order valence-corrected chi connectivity index (χ0v) is 12.2. The molecule has 1 aliphatic heterocycles. The maximum Gasteiger partial charge on any atom is 0.340 e. The third-order valence-electron chi connectivity index (χ3n) is 3.13. The van der Waals surface area contributed by atoms with Crippen LogP contribution in [0.5, 0.6) is 0 Å². The summed E-state index contributed by atoms with van der Waals surface area (Å²) in [6.07, 6.45) is 2.18. The lowest BCUT2D eigenvalue weighted by Crippen LogP contribution is -2.42. The number of carboxylic acid groups (broad SMARTS) is 1. The maximum absolute atomic E-state index is 12.1. The van der Waals surface area contributed by atoms with Gasteiger partial charge in [0.15, 0.2) is 5.03 Å². The number of aromatic amines is 1. The van der Waals surface area contributed by atoms with Crippen LogP contribution in [0.15, 0.2) is 11.2 Å². The van der Waals surface area contributed by atoms with Crippen LogP contribution in [0.4, 0.5) is 0 Å². The molecule has 2 heterocycles. The van der Waals surface area contributed by atoms with Gasteiger partial charge in [0.25, 0.3) is 10.0 Å². The van der Waals surface area contributed by atoms with Gasteiger partial charge in [-0.2, -0.15) is 5.10 Å². The number of aromatic nitrogens is 2. The van der Waals surface area contributed by atoms with E-state index in [1.807, 2.05) is 0 Å². The molecule has 0 aliphatic carbocycles. The van der Waals surface area contributed by atoms with Crippen LogP contribution in [0.2, 0.25) is 0 Å². The molecule has 0 spiro atoms. The Morgan fingerprint density at radius 1 is 1.62 bits per heavy atom. The second kappa shape index (κ2) is 5.82. The fourth-order valence-electron chi connectivity index (χ4n) is 2.22. The third kappa shape index (κ3) is 3.39. The van der Waals surface area contributed by atoms with Gasteiger partial charge in [0.1, 0.15) is 5.56 Å². The van der Waals surface area contributed by atoms with Gasteiger partial charge < -0.3 is 10.0 Å². The van der Waals surface area contributed by atoms with Crippen molar-refractivity contribution in [3.05, 3.63) is 11.8 Å². The molecular formula is C11H16N4O5S. The van der Waals surface area contributed by atoms with Gasteiger partial charge in [-0.3, -0.25) is 9.89 Å². The van der Waals surface area contributed by atoms with E-state index in [0.29, 0.717) is 13.0 Å². The minimum absolute atomic E-state index is 0.00573. The summed E-state index contributed by atoms with van der Waals surface area (Å²) in [4.78, 5) is 24.0. The van der Waals surface area contributed by atoms with Gasteiger partial charge in [-0.05, 0) is 13.3 Å². The van der Waals surface area contributed by atoms with Crippen molar-refractivity contribution in [1.29, 1.82) is 0 Å². The standard InChI is InChI=1S/C11H16N4O5S/c1-7(6-15-4-2-3-9(15)16)14-21(19,20)10-8(11(17)18)5-12-13-10/h5,7,14H,2-4,6H2,1H3,(H,12,13)(H,17,18). The molecule has 1 aliphatic rings. The highest BCUT2D eigenvalue weighted by Crippen LogP contribution is 2.14. The van der Waals surface area contributed by atoms with E-state index < -0.39 is 32.6 Å². The first-order valence-corrected chi connectivity index (χ1v) is 7.86. The Labute approximate surface area is 121 Å². The van der Waals surface area contributed by atoms with E-state index in [2.05, 4.69) is 14.9 Å². The molecule has 1 fully saturated rings. The number of likely N-dealkylation sites (tertiary alicyclic amines) is 1. The summed E-state index contributed by atoms with van der Waals surface area (Å²) in [7, 11) is -4.04. The molecule has 21 heavy (non-hydrogen) atoms. The molecule has 0 radical (unpaired) electrons. The van der Waals surface area contributed by atoms with Crippen molar-refractivity contribution in [3.63, 3.8) is 0 Å². The van der Waals surface area contributed by atoms with E-state index in [1.54, 1.807) is 11.8 Å². The summed E-state index contributed by atoms with van der Waals surface area (Å²) < 4.78 is 26.6. The molecular weight excluding hydrogens is 300 g/mol. The molecule has 116 valence electrons. The molecule has 1 aromatic rings. The average Bonchev–Trinajstić information content (AvgIpc) is 2.98. The number of sulfonamides is 1. The van der Waals surface area contributed by atoms with Crippen molar-refractivity contribution < 1.29 is 23.1 Å². The molecule has 1 saturated heterocycles. The maximum atomic E-state index is 12.1. The van der Waals surface area contributed by atoms with Gasteiger partial charge in [-0.15, -0.1) is 0 Å². The van der Waals surface area contributed by atoms with E-state index in [-0.39, 0.29) is 12.5 Å². The zero-order valence-electron chi connectivity index (χ0n) is 11.4. The molecule has 2 rings (SSSR count). The first-order valence-electron chi connectivity index (χ1n) is 6.38. The number of carbonyl (C=O) groups excluding carboxylic acids is 1. The number of hydrogen-bond acceptors (Lipinski definition) is 5. The molecule has 1 atom stereocenters. The normalized spacial score (nSPS) is 17.2. The largest absolute Gasteiger partial charge is 0.478 e. The summed E-state index contributed by atoms with van der Waals surface area (Å²) in [5, 5.41) is 14.0. The van der Waals surface area contributed by atoms with Gasteiger partial charge in [0.2, 0.25) is 5.91 Å². The number of amides is 1. The Morgan fingerprint density at radius 3 is 2.90 bits per heavy atom. The molecule has 0 aromatic carbocycles. The number of carbonyl (C=O) groups is 2. The van der Waals surface area contributed by atoms with Gasteiger partial charge in [-0.25, -0.2) is 17.9 Å². The predicted molar refractivity (Wildman–Crippen MR) is 71.1 cm³/mol. The molecule has 1 aromatic heterocycles. The van der Waals surface area contributed by atoms with Crippen molar-refractivity contribution in [2.24, 2.45) is 0 Å². The molecule has 10 heteroatoms. The lowest BCUT2D eigenvalue weighted by molar-refractivity contribution is -0.127. The lowest BCUT2D eigenvalue weighted by Gasteiger charge is -2.21. The number of carboxylic acids is 1. The zero-order chi connectivity index (χ0) is 15.6. The minimum atomic E-state index is -4.04. The van der Waals surface area contributed by atoms with Crippen molar-refractivity contribution >= 4 is 21.9 Å². The second-order valence-electron chi connectivity index (χ2n) is 4.88. The Morgan fingerprint density at radius 2 is 2.33 bits per heavy atom. The number of nitrogens with one attached hydrogen (secondary N) is 2. The average molecular weight is 316 g/mol. The Bertz CT molecular complexity index is 653. The summed E-state index contributed by atoms with van der Waals surface area (Å²) in [5.74, 6) is -1.39. The smallest absolute Gasteiger partial charge is 0.340 e. The van der Waals surface area contributed by atoms with E-state index >= 15 is 0 Å². The van der Waals surface area contributed by atoms with Crippen LogP contribution in [-0.2, 0) is 14.8 Å². The Hall–Kier alpha value is -1.94. The van der Waals surface area contributed by atoms with Crippen molar-refractivity contribution in [1.82, 2.24) is 19.8 Å². The van der Waals surface area contributed by atoms with Crippen LogP contribution < -0.4 is 4.72 Å². The van der Waals surface area contributed by atoms with Gasteiger partial charge >= 0.3 is 5.97 Å².